The van der Waals surface area contributed by atoms with Crippen molar-refractivity contribution in [3.8, 4) is 17.2 Å². The monoisotopic (exact) mass is 378 g/mol. The van der Waals surface area contributed by atoms with Crippen molar-refractivity contribution >= 4 is 16.8 Å². The van der Waals surface area contributed by atoms with Crippen LogP contribution in [0.15, 0.2) is 39.5 Å². The number of carbonyl (C=O) groups is 1. The van der Waals surface area contributed by atoms with E-state index in [-0.39, 0.29) is 19.0 Å². The molecule has 142 valence electrons. The van der Waals surface area contributed by atoms with Crippen molar-refractivity contribution in [2.75, 3.05) is 6.79 Å². The van der Waals surface area contributed by atoms with Crippen LogP contribution in [0.25, 0.3) is 11.0 Å². The maximum Gasteiger partial charge on any atom is 0.336 e. The third-order valence-electron chi connectivity index (χ3n) is 5.33. The number of Topliss-reactive ketones (excluding diaryl/α,β-unsaturated/α-hetero) is 1. The van der Waals surface area contributed by atoms with E-state index in [0.717, 1.165) is 16.7 Å². The highest BCUT2D eigenvalue weighted by Gasteiger charge is 2.32. The Bertz CT molecular complexity index is 1190. The van der Waals surface area contributed by atoms with Crippen LogP contribution in [0.3, 0.4) is 0 Å². The largest absolute Gasteiger partial charge is 0.484 e. The number of fused-ring (bicyclic) bond motifs is 4. The molecular formula is C22H18O6. The van der Waals surface area contributed by atoms with Gasteiger partial charge < -0.3 is 18.6 Å². The van der Waals surface area contributed by atoms with Gasteiger partial charge in [0.05, 0.1) is 17.4 Å². The molecule has 0 saturated heterocycles. The fourth-order valence-electron chi connectivity index (χ4n) is 3.99. The van der Waals surface area contributed by atoms with Crippen molar-refractivity contribution in [2.45, 2.75) is 32.8 Å². The zero-order chi connectivity index (χ0) is 19.4. The first-order chi connectivity index (χ1) is 13.5. The zero-order valence-electron chi connectivity index (χ0n) is 15.5. The molecule has 0 bridgehead atoms. The maximum absolute atomic E-state index is 13.0. The predicted octanol–water partition coefficient (Wildman–Crippen LogP) is 4.10. The van der Waals surface area contributed by atoms with Crippen molar-refractivity contribution in [2.24, 2.45) is 0 Å². The minimum atomic E-state index is -0.448. The lowest BCUT2D eigenvalue weighted by Gasteiger charge is -2.28. The van der Waals surface area contributed by atoms with E-state index in [0.29, 0.717) is 40.2 Å². The molecule has 6 heteroatoms. The molecule has 5 rings (SSSR count). The molecule has 0 saturated carbocycles. The molecular weight excluding hydrogens is 360 g/mol. The summed E-state index contributed by atoms with van der Waals surface area (Å²) in [5.41, 5.74) is 2.99. The van der Waals surface area contributed by atoms with Gasteiger partial charge in [0.2, 0.25) is 6.79 Å². The van der Waals surface area contributed by atoms with Gasteiger partial charge in [0.15, 0.2) is 17.3 Å². The Morgan fingerprint density at radius 2 is 1.89 bits per heavy atom. The molecule has 28 heavy (non-hydrogen) atoms. The van der Waals surface area contributed by atoms with Crippen LogP contribution in [0.5, 0.6) is 17.2 Å². The van der Waals surface area contributed by atoms with Gasteiger partial charge in [-0.05, 0) is 48.2 Å². The Morgan fingerprint density at radius 1 is 1.07 bits per heavy atom. The van der Waals surface area contributed by atoms with E-state index in [2.05, 4.69) is 0 Å². The molecule has 6 nitrogen and oxygen atoms in total. The van der Waals surface area contributed by atoms with Gasteiger partial charge in [-0.15, -0.1) is 0 Å². The summed E-state index contributed by atoms with van der Waals surface area (Å²) in [4.78, 5) is 24.9. The lowest BCUT2D eigenvalue weighted by Crippen LogP contribution is -2.22. The van der Waals surface area contributed by atoms with Gasteiger partial charge in [0.25, 0.3) is 0 Å². The highest BCUT2D eigenvalue weighted by Crippen LogP contribution is 2.44. The zero-order valence-corrected chi connectivity index (χ0v) is 15.5. The number of benzene rings is 2. The molecule has 2 aromatic carbocycles. The lowest BCUT2D eigenvalue weighted by molar-refractivity contribution is 0.0852. The third kappa shape index (κ3) is 2.48. The summed E-state index contributed by atoms with van der Waals surface area (Å²) < 4.78 is 22.6. The van der Waals surface area contributed by atoms with Crippen LogP contribution in [0, 0.1) is 6.92 Å². The van der Waals surface area contributed by atoms with Crippen molar-refractivity contribution in [1.29, 1.82) is 0 Å². The normalized spacial score (nSPS) is 17.5. The SMILES string of the molecule is CCc1cc(=O)oc2cc(C)c3c(c12)OC(c1ccc2c(c1)OCO2)CC3=O. The van der Waals surface area contributed by atoms with Gasteiger partial charge in [-0.1, -0.05) is 13.0 Å². The highest BCUT2D eigenvalue weighted by atomic mass is 16.7. The Kier molecular flexibility index (Phi) is 3.69. The predicted molar refractivity (Wildman–Crippen MR) is 101 cm³/mol. The first-order valence-corrected chi connectivity index (χ1v) is 9.25. The molecule has 1 aromatic heterocycles. The van der Waals surface area contributed by atoms with Gasteiger partial charge in [0, 0.05) is 6.07 Å². The van der Waals surface area contributed by atoms with Crippen molar-refractivity contribution in [1.82, 2.24) is 0 Å². The Balaban J connectivity index is 1.69. The van der Waals surface area contributed by atoms with Crippen molar-refractivity contribution in [3.05, 3.63) is 63.0 Å². The van der Waals surface area contributed by atoms with Crippen LogP contribution >= 0.6 is 0 Å². The Hall–Kier alpha value is -3.28. The second kappa shape index (κ2) is 6.12. The quantitative estimate of drug-likeness (QED) is 0.625. The molecule has 0 spiro atoms. The molecule has 0 N–H and O–H groups in total. The second-order valence-electron chi connectivity index (χ2n) is 7.06. The minimum Gasteiger partial charge on any atom is -0.484 e. The third-order valence-corrected chi connectivity index (χ3v) is 5.33. The van der Waals surface area contributed by atoms with Gasteiger partial charge in [-0.2, -0.15) is 0 Å². The summed E-state index contributed by atoms with van der Waals surface area (Å²) in [6.07, 6.45) is 0.414. The number of aryl methyl sites for hydroxylation is 2. The summed E-state index contributed by atoms with van der Waals surface area (Å²) in [6, 6.07) is 8.78. The van der Waals surface area contributed by atoms with E-state index in [1.165, 1.54) is 6.07 Å². The number of rotatable bonds is 2. The fourth-order valence-corrected chi connectivity index (χ4v) is 3.99. The second-order valence-corrected chi connectivity index (χ2v) is 7.06. The molecule has 3 aromatic rings. The number of ketones is 1. The minimum absolute atomic E-state index is 0.0107. The Labute approximate surface area is 160 Å². The van der Waals surface area contributed by atoms with E-state index in [4.69, 9.17) is 18.6 Å². The molecule has 0 aliphatic carbocycles. The van der Waals surface area contributed by atoms with Gasteiger partial charge in [0.1, 0.15) is 17.4 Å². The number of carbonyl (C=O) groups excluding carboxylic acids is 1. The maximum atomic E-state index is 13.0. The average molecular weight is 378 g/mol. The standard InChI is InChI=1S/C22H18O6/c1-3-12-8-19(24)27-18-6-11(2)20-14(23)9-16(28-22(20)21(12)18)13-4-5-15-17(7-13)26-10-25-15/h4-8,16H,3,9-10H2,1-2H3. The topological polar surface area (TPSA) is 75.0 Å². The summed E-state index contributed by atoms with van der Waals surface area (Å²) >= 11 is 0. The number of ether oxygens (including phenoxy) is 3. The van der Waals surface area contributed by atoms with Crippen LogP contribution in [-0.2, 0) is 6.42 Å². The molecule has 1 unspecified atom stereocenters. The molecule has 0 fully saturated rings. The highest BCUT2D eigenvalue weighted by molar-refractivity contribution is 6.07. The van der Waals surface area contributed by atoms with E-state index < -0.39 is 11.7 Å². The van der Waals surface area contributed by atoms with E-state index >= 15 is 0 Å². The lowest BCUT2D eigenvalue weighted by atomic mass is 9.90. The first kappa shape index (κ1) is 16.9. The van der Waals surface area contributed by atoms with Crippen LogP contribution in [0.2, 0.25) is 0 Å². The molecule has 2 aliphatic heterocycles. The van der Waals surface area contributed by atoms with E-state index in [1.54, 1.807) is 6.07 Å². The number of hydrogen-bond donors (Lipinski definition) is 0. The van der Waals surface area contributed by atoms with Gasteiger partial charge in [-0.3, -0.25) is 4.79 Å². The fraction of sp³-hybridized carbons (Fsp3) is 0.273. The van der Waals surface area contributed by atoms with Gasteiger partial charge >= 0.3 is 5.63 Å². The van der Waals surface area contributed by atoms with E-state index in [1.807, 2.05) is 32.0 Å². The molecule has 1 atom stereocenters. The van der Waals surface area contributed by atoms with Gasteiger partial charge in [-0.25, -0.2) is 4.79 Å². The Morgan fingerprint density at radius 3 is 2.71 bits per heavy atom. The van der Waals surface area contributed by atoms with E-state index in [9.17, 15) is 9.59 Å². The first-order valence-electron chi connectivity index (χ1n) is 9.25. The van der Waals surface area contributed by atoms with Crippen molar-refractivity contribution in [3.63, 3.8) is 0 Å². The molecule has 3 heterocycles. The molecule has 0 amide bonds. The molecule has 2 aliphatic rings. The summed E-state index contributed by atoms with van der Waals surface area (Å²) in [5.74, 6) is 1.84. The number of hydrogen-bond acceptors (Lipinski definition) is 6. The molecule has 0 radical (unpaired) electrons. The summed E-state index contributed by atoms with van der Waals surface area (Å²) in [5, 5.41) is 0.696. The summed E-state index contributed by atoms with van der Waals surface area (Å²) in [7, 11) is 0. The van der Waals surface area contributed by atoms with Crippen molar-refractivity contribution < 1.29 is 23.4 Å². The van der Waals surface area contributed by atoms with Crippen LogP contribution in [0.1, 0.15) is 46.5 Å². The smallest absolute Gasteiger partial charge is 0.336 e. The van der Waals surface area contributed by atoms with Crippen LogP contribution in [-0.4, -0.2) is 12.6 Å². The van der Waals surface area contributed by atoms with Crippen LogP contribution in [0.4, 0.5) is 0 Å². The summed E-state index contributed by atoms with van der Waals surface area (Å²) in [6.45, 7) is 3.98. The van der Waals surface area contributed by atoms with Crippen LogP contribution < -0.4 is 19.8 Å². The average Bonchev–Trinajstić information content (AvgIpc) is 3.14.